The van der Waals surface area contributed by atoms with Crippen molar-refractivity contribution in [1.29, 1.82) is 0 Å². The van der Waals surface area contributed by atoms with E-state index >= 15 is 0 Å². The predicted octanol–water partition coefficient (Wildman–Crippen LogP) is 10.3. The maximum Gasteiger partial charge on any atom is 0.241 e. The van der Waals surface area contributed by atoms with E-state index in [4.69, 9.17) is 43.4 Å². The number of nitrogens with zero attached hydrogens (tertiary/aromatic N) is 6. The molecular weight excluding hydrogens is 721 g/mol. The SMILES string of the molecule is COc1ccc(N(c2ccc(OC)cc2)c2nc(N(c3ccc(OC)cc3)c3ccc(OC)cc3)nc(N(c3ccc(OC)cc3)c3ccc(OC)cc3)n2)cc1. The molecule has 0 aliphatic carbocycles. The van der Waals surface area contributed by atoms with E-state index < -0.39 is 0 Å². The van der Waals surface area contributed by atoms with Crippen LogP contribution in [0.4, 0.5) is 52.0 Å². The van der Waals surface area contributed by atoms with Crippen LogP contribution in [0.5, 0.6) is 34.5 Å². The van der Waals surface area contributed by atoms with E-state index in [1.165, 1.54) is 0 Å². The van der Waals surface area contributed by atoms with Crippen molar-refractivity contribution in [2.75, 3.05) is 57.4 Å². The van der Waals surface area contributed by atoms with E-state index in [1.807, 2.05) is 160 Å². The first-order valence-electron chi connectivity index (χ1n) is 18.0. The molecule has 0 amide bonds. The highest BCUT2D eigenvalue weighted by atomic mass is 16.5. The van der Waals surface area contributed by atoms with Gasteiger partial charge in [-0.15, -0.1) is 0 Å². The molecule has 6 aromatic carbocycles. The molecule has 0 aliphatic rings. The second-order valence-electron chi connectivity index (χ2n) is 12.4. The Morgan fingerprint density at radius 2 is 0.386 bits per heavy atom. The Balaban J connectivity index is 1.53. The molecule has 1 aromatic heterocycles. The summed E-state index contributed by atoms with van der Waals surface area (Å²) in [5.41, 5.74) is 4.69. The molecule has 0 radical (unpaired) electrons. The van der Waals surface area contributed by atoms with Crippen LogP contribution >= 0.6 is 0 Å². The monoisotopic (exact) mass is 762 g/mol. The normalized spacial score (nSPS) is 10.6. The van der Waals surface area contributed by atoms with Gasteiger partial charge < -0.3 is 28.4 Å². The standard InChI is InChI=1S/C45H42N6O6/c1-52-37-19-7-31(8-20-37)49(32-9-21-38(53-2)22-10-32)43-46-44(50(33-11-23-39(54-3)24-12-33)34-13-25-40(55-4)26-14-34)48-45(47-43)51(35-15-27-41(56-5)28-16-35)36-17-29-42(57-6)30-18-36/h7-30H,1-6H3. The first kappa shape index (κ1) is 37.8. The molecule has 0 saturated heterocycles. The van der Waals surface area contributed by atoms with E-state index in [0.717, 1.165) is 34.1 Å². The second kappa shape index (κ2) is 17.3. The van der Waals surface area contributed by atoms with Gasteiger partial charge in [-0.2, -0.15) is 15.0 Å². The molecule has 57 heavy (non-hydrogen) atoms. The van der Waals surface area contributed by atoms with Crippen molar-refractivity contribution in [1.82, 2.24) is 15.0 Å². The zero-order valence-electron chi connectivity index (χ0n) is 32.5. The van der Waals surface area contributed by atoms with Gasteiger partial charge in [-0.3, -0.25) is 14.7 Å². The summed E-state index contributed by atoms with van der Waals surface area (Å²) in [5, 5.41) is 0. The largest absolute Gasteiger partial charge is 0.497 e. The zero-order chi connectivity index (χ0) is 39.7. The fraction of sp³-hybridized carbons (Fsp3) is 0.133. The van der Waals surface area contributed by atoms with Crippen LogP contribution in [-0.2, 0) is 0 Å². The molecule has 0 N–H and O–H groups in total. The second-order valence-corrected chi connectivity index (χ2v) is 12.4. The quantitative estimate of drug-likeness (QED) is 0.0993. The van der Waals surface area contributed by atoms with Crippen LogP contribution in [0.2, 0.25) is 0 Å². The van der Waals surface area contributed by atoms with Gasteiger partial charge in [-0.25, -0.2) is 0 Å². The molecule has 288 valence electrons. The third-order valence-corrected chi connectivity index (χ3v) is 9.18. The van der Waals surface area contributed by atoms with E-state index in [9.17, 15) is 0 Å². The molecule has 0 atom stereocenters. The topological polar surface area (TPSA) is 104 Å². The molecule has 0 aliphatic heterocycles. The van der Waals surface area contributed by atoms with Crippen LogP contribution in [0.1, 0.15) is 0 Å². The number of hydrogen-bond acceptors (Lipinski definition) is 12. The Bertz CT molecular complexity index is 1940. The number of hydrogen-bond donors (Lipinski definition) is 0. The van der Waals surface area contributed by atoms with Crippen LogP contribution in [0.15, 0.2) is 146 Å². The summed E-state index contributed by atoms with van der Waals surface area (Å²) in [6.07, 6.45) is 0. The molecule has 0 fully saturated rings. The third kappa shape index (κ3) is 8.30. The maximum atomic E-state index is 5.53. The van der Waals surface area contributed by atoms with Crippen molar-refractivity contribution < 1.29 is 28.4 Å². The Labute approximate surface area is 332 Å². The molecule has 0 bridgehead atoms. The third-order valence-electron chi connectivity index (χ3n) is 9.18. The number of ether oxygens (including phenoxy) is 6. The molecule has 12 nitrogen and oxygen atoms in total. The van der Waals surface area contributed by atoms with E-state index in [0.29, 0.717) is 52.3 Å². The van der Waals surface area contributed by atoms with Crippen LogP contribution < -0.4 is 43.1 Å². The Morgan fingerprint density at radius 1 is 0.246 bits per heavy atom. The van der Waals surface area contributed by atoms with Gasteiger partial charge in [0.1, 0.15) is 34.5 Å². The summed E-state index contributed by atoms with van der Waals surface area (Å²) in [6.45, 7) is 0. The van der Waals surface area contributed by atoms with Gasteiger partial charge in [0, 0.05) is 34.1 Å². The van der Waals surface area contributed by atoms with Crippen molar-refractivity contribution >= 4 is 52.0 Å². The first-order valence-corrected chi connectivity index (χ1v) is 18.0. The van der Waals surface area contributed by atoms with Gasteiger partial charge in [0.15, 0.2) is 0 Å². The molecular formula is C45H42N6O6. The molecule has 1 heterocycles. The Hall–Kier alpha value is -7.47. The highest BCUT2D eigenvalue weighted by Gasteiger charge is 2.26. The fourth-order valence-corrected chi connectivity index (χ4v) is 6.17. The predicted molar refractivity (Wildman–Crippen MR) is 223 cm³/mol. The highest BCUT2D eigenvalue weighted by molar-refractivity contribution is 5.80. The van der Waals surface area contributed by atoms with Gasteiger partial charge >= 0.3 is 0 Å². The van der Waals surface area contributed by atoms with E-state index in [1.54, 1.807) is 42.7 Å². The number of methoxy groups -OCH3 is 6. The zero-order valence-corrected chi connectivity index (χ0v) is 32.5. The lowest BCUT2D eigenvalue weighted by atomic mass is 10.2. The van der Waals surface area contributed by atoms with E-state index in [-0.39, 0.29) is 0 Å². The molecule has 0 spiro atoms. The van der Waals surface area contributed by atoms with Gasteiger partial charge in [-0.1, -0.05) is 0 Å². The number of benzene rings is 6. The summed E-state index contributed by atoms with van der Waals surface area (Å²) in [7, 11) is 9.84. The summed E-state index contributed by atoms with van der Waals surface area (Å²) >= 11 is 0. The van der Waals surface area contributed by atoms with Crippen LogP contribution in [-0.4, -0.2) is 57.6 Å². The summed E-state index contributed by atoms with van der Waals surface area (Å²) in [5.74, 6) is 5.27. The van der Waals surface area contributed by atoms with Crippen LogP contribution in [0.3, 0.4) is 0 Å². The highest BCUT2D eigenvalue weighted by Crippen LogP contribution is 2.42. The summed E-state index contributed by atoms with van der Waals surface area (Å²) < 4.78 is 33.2. The van der Waals surface area contributed by atoms with Crippen LogP contribution in [0.25, 0.3) is 0 Å². The summed E-state index contributed by atoms with van der Waals surface area (Å²) in [4.78, 5) is 21.7. The average molecular weight is 763 g/mol. The fourth-order valence-electron chi connectivity index (χ4n) is 6.17. The lowest BCUT2D eigenvalue weighted by Crippen LogP contribution is -2.22. The van der Waals surface area contributed by atoms with Gasteiger partial charge in [0.25, 0.3) is 0 Å². The van der Waals surface area contributed by atoms with Gasteiger partial charge in [0.05, 0.1) is 42.7 Å². The number of rotatable bonds is 15. The first-order chi connectivity index (χ1) is 27.9. The smallest absolute Gasteiger partial charge is 0.241 e. The molecule has 7 aromatic rings. The molecule has 0 unspecified atom stereocenters. The van der Waals surface area contributed by atoms with E-state index in [2.05, 4.69) is 0 Å². The number of aromatic nitrogens is 3. The Morgan fingerprint density at radius 3 is 0.509 bits per heavy atom. The minimum Gasteiger partial charge on any atom is -0.497 e. The minimum absolute atomic E-state index is 0.337. The molecule has 12 heteroatoms. The van der Waals surface area contributed by atoms with Crippen molar-refractivity contribution in [2.24, 2.45) is 0 Å². The molecule has 0 saturated carbocycles. The van der Waals surface area contributed by atoms with Gasteiger partial charge in [-0.05, 0) is 146 Å². The van der Waals surface area contributed by atoms with Crippen LogP contribution in [0, 0.1) is 0 Å². The molecule has 7 rings (SSSR count). The van der Waals surface area contributed by atoms with Crippen molar-refractivity contribution in [3.63, 3.8) is 0 Å². The lowest BCUT2D eigenvalue weighted by Gasteiger charge is -2.30. The Kier molecular flexibility index (Phi) is 11.5. The van der Waals surface area contributed by atoms with Crippen molar-refractivity contribution in [3.8, 4) is 34.5 Å². The maximum absolute atomic E-state index is 5.53. The summed E-state index contributed by atoms with van der Waals surface area (Å²) in [6, 6.07) is 46.3. The minimum atomic E-state index is 0.337. The van der Waals surface area contributed by atoms with Gasteiger partial charge in [0.2, 0.25) is 17.8 Å². The van der Waals surface area contributed by atoms with Crippen molar-refractivity contribution in [2.45, 2.75) is 0 Å². The lowest BCUT2D eigenvalue weighted by molar-refractivity contribution is 0.414. The number of anilines is 9. The average Bonchev–Trinajstić information content (AvgIpc) is 3.28. The van der Waals surface area contributed by atoms with Crippen molar-refractivity contribution in [3.05, 3.63) is 146 Å².